The standard InChI is InChI=1S/C18H14N6O2/c19-11-13-3-1-5-16(21-13)23-6-8-24(9-7-23)18-14(12-20)22-17(26-18)15-4-2-10-25-15/h1-5,10H,6-9H2. The Hall–Kier alpha value is -3.78. The smallest absolute Gasteiger partial charge is 0.266 e. The molecule has 8 heteroatoms. The molecule has 8 nitrogen and oxygen atoms in total. The van der Waals surface area contributed by atoms with Crippen molar-refractivity contribution in [2.45, 2.75) is 0 Å². The van der Waals surface area contributed by atoms with Gasteiger partial charge in [0.05, 0.1) is 6.26 Å². The fraction of sp³-hybridized carbons (Fsp3) is 0.222. The number of nitriles is 2. The molecule has 0 bridgehead atoms. The molecule has 1 saturated heterocycles. The van der Waals surface area contributed by atoms with Gasteiger partial charge in [-0.2, -0.15) is 15.5 Å². The van der Waals surface area contributed by atoms with Gasteiger partial charge in [0.1, 0.15) is 23.7 Å². The highest BCUT2D eigenvalue weighted by Gasteiger charge is 2.25. The fourth-order valence-electron chi connectivity index (χ4n) is 2.91. The van der Waals surface area contributed by atoms with E-state index in [1.165, 1.54) is 6.26 Å². The first kappa shape index (κ1) is 15.7. The highest BCUT2D eigenvalue weighted by molar-refractivity contribution is 5.56. The largest absolute Gasteiger partial charge is 0.459 e. The minimum absolute atomic E-state index is 0.245. The van der Waals surface area contributed by atoms with E-state index in [0.29, 0.717) is 49.4 Å². The van der Waals surface area contributed by atoms with Crippen LogP contribution in [-0.2, 0) is 0 Å². The van der Waals surface area contributed by atoms with Gasteiger partial charge in [-0.3, -0.25) is 0 Å². The van der Waals surface area contributed by atoms with Crippen LogP contribution in [-0.4, -0.2) is 36.1 Å². The van der Waals surface area contributed by atoms with E-state index in [1.54, 1.807) is 18.2 Å². The Morgan fingerprint density at radius 3 is 2.42 bits per heavy atom. The molecular weight excluding hydrogens is 332 g/mol. The first-order chi connectivity index (χ1) is 12.8. The molecule has 26 heavy (non-hydrogen) atoms. The number of piperazine rings is 1. The lowest BCUT2D eigenvalue weighted by Crippen LogP contribution is -2.47. The second-order valence-corrected chi connectivity index (χ2v) is 5.73. The lowest BCUT2D eigenvalue weighted by molar-refractivity contribution is 0.500. The van der Waals surface area contributed by atoms with Gasteiger partial charge in [-0.1, -0.05) is 6.07 Å². The molecule has 128 valence electrons. The minimum atomic E-state index is 0.245. The van der Waals surface area contributed by atoms with Gasteiger partial charge in [-0.15, -0.1) is 0 Å². The summed E-state index contributed by atoms with van der Waals surface area (Å²) in [6.07, 6.45) is 1.53. The Morgan fingerprint density at radius 2 is 1.73 bits per heavy atom. The Labute approximate surface area is 149 Å². The average Bonchev–Trinajstić information content (AvgIpc) is 3.37. The topological polar surface area (TPSA) is 106 Å². The molecule has 0 aromatic carbocycles. The summed E-state index contributed by atoms with van der Waals surface area (Å²) in [7, 11) is 0. The maximum Gasteiger partial charge on any atom is 0.266 e. The summed E-state index contributed by atoms with van der Waals surface area (Å²) in [5.41, 5.74) is 0.643. The van der Waals surface area contributed by atoms with E-state index in [0.717, 1.165) is 5.82 Å². The van der Waals surface area contributed by atoms with Crippen molar-refractivity contribution in [2.75, 3.05) is 36.0 Å². The molecule has 0 amide bonds. The van der Waals surface area contributed by atoms with E-state index in [9.17, 15) is 5.26 Å². The molecule has 0 saturated carbocycles. The molecular formula is C18H14N6O2. The van der Waals surface area contributed by atoms with Crippen LogP contribution in [0.25, 0.3) is 11.7 Å². The normalized spacial score (nSPS) is 14.1. The summed E-state index contributed by atoms with van der Waals surface area (Å²) in [6, 6.07) is 13.0. The number of furan rings is 1. The van der Waals surface area contributed by atoms with Crippen LogP contribution in [0.1, 0.15) is 11.4 Å². The van der Waals surface area contributed by atoms with Crippen LogP contribution in [0.5, 0.6) is 0 Å². The zero-order valence-electron chi connectivity index (χ0n) is 13.8. The highest BCUT2D eigenvalue weighted by Crippen LogP contribution is 2.29. The maximum atomic E-state index is 9.37. The van der Waals surface area contributed by atoms with Crippen molar-refractivity contribution in [1.82, 2.24) is 9.97 Å². The third kappa shape index (κ3) is 2.85. The number of nitrogens with zero attached hydrogens (tertiary/aromatic N) is 6. The average molecular weight is 346 g/mol. The number of anilines is 2. The maximum absolute atomic E-state index is 9.37. The van der Waals surface area contributed by atoms with E-state index >= 15 is 0 Å². The van der Waals surface area contributed by atoms with Crippen LogP contribution >= 0.6 is 0 Å². The minimum Gasteiger partial charge on any atom is -0.459 e. The summed E-state index contributed by atoms with van der Waals surface area (Å²) in [5.74, 6) is 2.02. The molecule has 3 aromatic heterocycles. The third-order valence-corrected chi connectivity index (χ3v) is 4.19. The number of rotatable bonds is 3. The molecule has 4 rings (SSSR count). The number of hydrogen-bond donors (Lipinski definition) is 0. The van der Waals surface area contributed by atoms with E-state index in [1.807, 2.05) is 17.0 Å². The first-order valence-corrected chi connectivity index (χ1v) is 8.10. The number of hydrogen-bond acceptors (Lipinski definition) is 8. The zero-order valence-corrected chi connectivity index (χ0v) is 13.8. The number of oxazole rings is 1. The fourth-order valence-corrected chi connectivity index (χ4v) is 2.91. The molecule has 4 heterocycles. The lowest BCUT2D eigenvalue weighted by atomic mass is 10.3. The second kappa shape index (κ2) is 6.61. The summed E-state index contributed by atoms with van der Waals surface area (Å²) < 4.78 is 11.1. The van der Waals surface area contributed by atoms with Crippen molar-refractivity contribution in [2.24, 2.45) is 0 Å². The monoisotopic (exact) mass is 346 g/mol. The molecule has 0 unspecified atom stereocenters. The second-order valence-electron chi connectivity index (χ2n) is 5.73. The predicted molar refractivity (Wildman–Crippen MR) is 92.3 cm³/mol. The molecule has 1 fully saturated rings. The van der Waals surface area contributed by atoms with Crippen molar-refractivity contribution in [3.05, 3.63) is 48.0 Å². The molecule has 1 aliphatic rings. The molecule has 0 N–H and O–H groups in total. The third-order valence-electron chi connectivity index (χ3n) is 4.19. The van der Waals surface area contributed by atoms with Gasteiger partial charge < -0.3 is 18.6 Å². The first-order valence-electron chi connectivity index (χ1n) is 8.10. The van der Waals surface area contributed by atoms with Gasteiger partial charge in [0.25, 0.3) is 5.89 Å². The summed E-state index contributed by atoms with van der Waals surface area (Å²) in [4.78, 5) is 12.6. The van der Waals surface area contributed by atoms with E-state index in [-0.39, 0.29) is 5.69 Å². The lowest BCUT2D eigenvalue weighted by Gasteiger charge is -2.35. The van der Waals surface area contributed by atoms with Crippen LogP contribution in [0.3, 0.4) is 0 Å². The Morgan fingerprint density at radius 1 is 0.923 bits per heavy atom. The van der Waals surface area contributed by atoms with E-state index < -0.39 is 0 Å². The predicted octanol–water partition coefficient (Wildman–Crippen LogP) is 2.40. The van der Waals surface area contributed by atoms with E-state index in [2.05, 4.69) is 27.0 Å². The van der Waals surface area contributed by atoms with Gasteiger partial charge in [-0.05, 0) is 24.3 Å². The van der Waals surface area contributed by atoms with Crippen LogP contribution < -0.4 is 9.80 Å². The molecule has 1 aliphatic heterocycles. The van der Waals surface area contributed by atoms with Gasteiger partial charge >= 0.3 is 0 Å². The SMILES string of the molecule is N#Cc1cccc(N2CCN(c3oc(-c4ccco4)nc3C#N)CC2)n1. The number of aromatic nitrogens is 2. The molecule has 0 atom stereocenters. The van der Waals surface area contributed by atoms with Crippen molar-refractivity contribution in [1.29, 1.82) is 10.5 Å². The van der Waals surface area contributed by atoms with Gasteiger partial charge in [0, 0.05) is 26.2 Å². The van der Waals surface area contributed by atoms with Gasteiger partial charge in [0.2, 0.25) is 11.6 Å². The Bertz CT molecular complexity index is 988. The number of pyridine rings is 1. The summed E-state index contributed by atoms with van der Waals surface area (Å²) >= 11 is 0. The van der Waals surface area contributed by atoms with Gasteiger partial charge in [0.15, 0.2) is 5.76 Å². The molecule has 0 radical (unpaired) electrons. The van der Waals surface area contributed by atoms with Crippen LogP contribution in [0.4, 0.5) is 11.7 Å². The van der Waals surface area contributed by atoms with Crippen LogP contribution in [0.15, 0.2) is 45.4 Å². The van der Waals surface area contributed by atoms with Gasteiger partial charge in [-0.25, -0.2) is 4.98 Å². The molecule has 3 aromatic rings. The molecule has 0 spiro atoms. The highest BCUT2D eigenvalue weighted by atomic mass is 16.4. The Balaban J connectivity index is 1.51. The Kier molecular flexibility index (Phi) is 4.00. The van der Waals surface area contributed by atoms with Crippen molar-refractivity contribution in [3.8, 4) is 23.8 Å². The molecule has 0 aliphatic carbocycles. The summed E-state index contributed by atoms with van der Waals surface area (Å²) in [6.45, 7) is 2.70. The quantitative estimate of drug-likeness (QED) is 0.711. The van der Waals surface area contributed by atoms with E-state index in [4.69, 9.17) is 14.1 Å². The van der Waals surface area contributed by atoms with Crippen LogP contribution in [0, 0.1) is 22.7 Å². The zero-order chi connectivity index (χ0) is 17.9. The van der Waals surface area contributed by atoms with Crippen molar-refractivity contribution < 1.29 is 8.83 Å². The van der Waals surface area contributed by atoms with Crippen LogP contribution in [0.2, 0.25) is 0 Å². The van der Waals surface area contributed by atoms with Crippen molar-refractivity contribution in [3.63, 3.8) is 0 Å². The summed E-state index contributed by atoms with van der Waals surface area (Å²) in [5, 5.41) is 18.4. The van der Waals surface area contributed by atoms with Crippen molar-refractivity contribution >= 4 is 11.7 Å².